The molecule has 2 atom stereocenters. The van der Waals surface area contributed by atoms with Crippen LogP contribution in [0.15, 0.2) is 69.9 Å². The van der Waals surface area contributed by atoms with Crippen molar-refractivity contribution in [2.24, 2.45) is 0 Å². The van der Waals surface area contributed by atoms with Gasteiger partial charge in [0.1, 0.15) is 37.8 Å². The maximum atomic E-state index is 12.4. The summed E-state index contributed by atoms with van der Waals surface area (Å²) in [5.74, 6) is -1.82. The highest BCUT2D eigenvalue weighted by molar-refractivity contribution is 9.10. The summed E-state index contributed by atoms with van der Waals surface area (Å²) in [5, 5.41) is 21.7. The molecule has 1 N–H and O–H groups in total. The predicted octanol–water partition coefficient (Wildman–Crippen LogP) is 3.73. The van der Waals surface area contributed by atoms with Crippen LogP contribution in [0, 0.1) is 10.1 Å². The first-order valence-corrected chi connectivity index (χ1v) is 11.6. The maximum absolute atomic E-state index is 12.4. The number of esters is 2. The zero-order valence-electron chi connectivity index (χ0n) is 18.0. The van der Waals surface area contributed by atoms with E-state index in [9.17, 15) is 24.8 Å². The highest BCUT2D eigenvalue weighted by atomic mass is 79.9. The molecule has 0 radical (unpaired) electrons. The highest BCUT2D eigenvalue weighted by Crippen LogP contribution is 2.16. The van der Waals surface area contributed by atoms with Crippen molar-refractivity contribution >= 4 is 49.7 Å². The molecular weight excluding hydrogens is 594 g/mol. The van der Waals surface area contributed by atoms with Gasteiger partial charge in [-0.2, -0.15) is 0 Å². The molecule has 3 rings (SSSR count). The van der Waals surface area contributed by atoms with Crippen LogP contribution < -0.4 is 0 Å². The van der Waals surface area contributed by atoms with Gasteiger partial charge in [0.05, 0.1) is 11.1 Å². The molecular formula is C22H19Br2N3O8. The number of nitro groups is 1. The lowest BCUT2D eigenvalue weighted by atomic mass is 10.2. The second-order valence-electron chi connectivity index (χ2n) is 7.07. The van der Waals surface area contributed by atoms with E-state index in [2.05, 4.69) is 36.8 Å². The van der Waals surface area contributed by atoms with Gasteiger partial charge in [-0.15, -0.1) is 0 Å². The third kappa shape index (κ3) is 7.68. The van der Waals surface area contributed by atoms with Crippen molar-refractivity contribution in [3.05, 3.63) is 91.1 Å². The van der Waals surface area contributed by atoms with E-state index in [0.29, 0.717) is 8.95 Å². The predicted molar refractivity (Wildman–Crippen MR) is 129 cm³/mol. The molecule has 11 nitrogen and oxygen atoms in total. The fourth-order valence-electron chi connectivity index (χ4n) is 2.84. The molecule has 13 heteroatoms. The van der Waals surface area contributed by atoms with Gasteiger partial charge in [-0.05, 0) is 41.3 Å². The molecule has 0 unspecified atom stereocenters. The first-order valence-electron chi connectivity index (χ1n) is 10.0. The van der Waals surface area contributed by atoms with Crippen LogP contribution in [-0.4, -0.2) is 56.9 Å². The Morgan fingerprint density at radius 2 is 1.60 bits per heavy atom. The van der Waals surface area contributed by atoms with Gasteiger partial charge in [0.25, 0.3) is 0 Å². The number of aliphatic hydroxyl groups is 1. The number of nitrogens with zero attached hydrogens (tertiary/aromatic N) is 3. The van der Waals surface area contributed by atoms with Crippen LogP contribution in [0.4, 0.5) is 5.95 Å². The van der Waals surface area contributed by atoms with Gasteiger partial charge in [0.15, 0.2) is 6.73 Å². The molecule has 1 heterocycles. The molecule has 0 spiro atoms. The molecule has 0 bridgehead atoms. The van der Waals surface area contributed by atoms with Gasteiger partial charge >= 0.3 is 17.9 Å². The van der Waals surface area contributed by atoms with Gasteiger partial charge < -0.3 is 29.4 Å². The summed E-state index contributed by atoms with van der Waals surface area (Å²) in [6.07, 6.45) is -0.0464. The van der Waals surface area contributed by atoms with E-state index < -0.39 is 48.2 Å². The number of aromatic nitrogens is 2. The van der Waals surface area contributed by atoms with E-state index in [4.69, 9.17) is 14.2 Å². The lowest BCUT2D eigenvalue weighted by Crippen LogP contribution is -2.38. The van der Waals surface area contributed by atoms with E-state index in [0.717, 1.165) is 4.57 Å². The van der Waals surface area contributed by atoms with Crippen LogP contribution >= 0.6 is 31.9 Å². The fraction of sp³-hybridized carbons (Fsp3) is 0.227. The molecule has 0 saturated carbocycles. The Morgan fingerprint density at radius 3 is 2.14 bits per heavy atom. The fourth-order valence-corrected chi connectivity index (χ4v) is 3.64. The summed E-state index contributed by atoms with van der Waals surface area (Å²) in [4.78, 5) is 38.7. The third-order valence-electron chi connectivity index (χ3n) is 4.60. The number of hydrogen-bond acceptors (Lipinski definition) is 9. The maximum Gasteiger partial charge on any atom is 0.436 e. The number of carbonyl (C=O) groups is 2. The molecule has 0 aliphatic rings. The van der Waals surface area contributed by atoms with Crippen molar-refractivity contribution in [1.82, 2.24) is 9.55 Å². The van der Waals surface area contributed by atoms with Crippen LogP contribution in [-0.2, 0) is 20.9 Å². The van der Waals surface area contributed by atoms with Gasteiger partial charge in [0, 0.05) is 8.95 Å². The van der Waals surface area contributed by atoms with Gasteiger partial charge in [-0.3, -0.25) is 0 Å². The van der Waals surface area contributed by atoms with Crippen molar-refractivity contribution < 1.29 is 33.8 Å². The van der Waals surface area contributed by atoms with E-state index >= 15 is 0 Å². The van der Waals surface area contributed by atoms with Crippen LogP contribution in [0.25, 0.3) is 0 Å². The summed E-state index contributed by atoms with van der Waals surface area (Å²) in [5.41, 5.74) is 0.526. The standard InChI is InChI=1S/C22H19Br2N3O8/c23-16-5-1-3-14(9-16)20(29)33-11-18(28)19(35-13-26-8-7-25-22(26)27(31)32)12-34-21(30)15-4-2-6-17(24)10-15/h1-10,18-19,28H,11-13H2/t18-,19+/m1/s1. The van der Waals surface area contributed by atoms with E-state index in [-0.39, 0.29) is 17.9 Å². The lowest BCUT2D eigenvalue weighted by Gasteiger charge is -2.22. The van der Waals surface area contributed by atoms with E-state index in [1.807, 2.05) is 0 Å². The summed E-state index contributed by atoms with van der Waals surface area (Å²) in [6, 6.07) is 13.0. The first-order chi connectivity index (χ1) is 16.7. The minimum atomic E-state index is -1.41. The third-order valence-corrected chi connectivity index (χ3v) is 5.58. The Kier molecular flexibility index (Phi) is 9.48. The summed E-state index contributed by atoms with van der Waals surface area (Å²) in [7, 11) is 0. The number of ether oxygens (including phenoxy) is 3. The van der Waals surface area contributed by atoms with Crippen LogP contribution in [0.2, 0.25) is 0 Å². The molecule has 0 saturated heterocycles. The van der Waals surface area contributed by atoms with E-state index in [1.165, 1.54) is 12.4 Å². The Balaban J connectivity index is 1.66. The van der Waals surface area contributed by atoms with Crippen LogP contribution in [0.3, 0.4) is 0 Å². The smallest absolute Gasteiger partial charge is 0.436 e. The minimum absolute atomic E-state index is 0.263. The quantitative estimate of drug-likeness (QED) is 0.195. The minimum Gasteiger partial charge on any atom is -0.459 e. The molecule has 0 aliphatic carbocycles. The molecule has 0 fully saturated rings. The molecule has 2 aromatic carbocycles. The van der Waals surface area contributed by atoms with Gasteiger partial charge in [-0.1, -0.05) is 49.0 Å². The van der Waals surface area contributed by atoms with Gasteiger partial charge in [-0.25, -0.2) is 14.2 Å². The average molecular weight is 613 g/mol. The number of aliphatic hydroxyl groups excluding tert-OH is 1. The number of benzene rings is 2. The Morgan fingerprint density at radius 1 is 1.03 bits per heavy atom. The Bertz CT molecular complexity index is 1200. The topological polar surface area (TPSA) is 143 Å². The normalized spacial score (nSPS) is 12.5. The summed E-state index contributed by atoms with van der Waals surface area (Å²) in [6.45, 7) is -1.26. The molecule has 0 amide bonds. The van der Waals surface area contributed by atoms with Crippen LogP contribution in [0.5, 0.6) is 0 Å². The highest BCUT2D eigenvalue weighted by Gasteiger charge is 2.26. The first kappa shape index (κ1) is 26.5. The number of imidazole rings is 1. The SMILES string of the molecule is O=C(OC[C@@H](O)[C@H](COC(=O)c1cccc(Br)c1)OCn1ccnc1[N+](=O)[O-])c1cccc(Br)c1. The monoisotopic (exact) mass is 611 g/mol. The second kappa shape index (κ2) is 12.5. The zero-order valence-corrected chi connectivity index (χ0v) is 21.1. The average Bonchev–Trinajstić information content (AvgIpc) is 3.31. The molecule has 184 valence electrons. The second-order valence-corrected chi connectivity index (χ2v) is 8.90. The van der Waals surface area contributed by atoms with Crippen molar-refractivity contribution in [3.63, 3.8) is 0 Å². The van der Waals surface area contributed by atoms with Crippen molar-refractivity contribution in [1.29, 1.82) is 0 Å². The van der Waals surface area contributed by atoms with Crippen LogP contribution in [0.1, 0.15) is 20.7 Å². The number of hydrogen-bond donors (Lipinski definition) is 1. The zero-order chi connectivity index (χ0) is 25.4. The largest absolute Gasteiger partial charge is 0.459 e. The van der Waals surface area contributed by atoms with Crippen molar-refractivity contribution in [2.45, 2.75) is 18.9 Å². The summed E-state index contributed by atoms with van der Waals surface area (Å²) < 4.78 is 18.5. The number of halogens is 2. The van der Waals surface area contributed by atoms with Crippen molar-refractivity contribution in [3.8, 4) is 0 Å². The molecule has 1 aromatic heterocycles. The van der Waals surface area contributed by atoms with Crippen molar-refractivity contribution in [2.75, 3.05) is 13.2 Å². The molecule has 35 heavy (non-hydrogen) atoms. The molecule has 3 aromatic rings. The van der Waals surface area contributed by atoms with E-state index in [1.54, 1.807) is 48.5 Å². The Labute approximate surface area is 216 Å². The lowest BCUT2D eigenvalue weighted by molar-refractivity contribution is -0.397. The summed E-state index contributed by atoms with van der Waals surface area (Å²) >= 11 is 6.53. The Hall–Kier alpha value is -3.13. The van der Waals surface area contributed by atoms with Gasteiger partial charge in [0.2, 0.25) is 0 Å². The number of carbonyl (C=O) groups excluding carboxylic acids is 2. The molecule has 0 aliphatic heterocycles. The number of rotatable bonds is 11.